The topological polar surface area (TPSA) is 38.0 Å². The second-order valence-electron chi connectivity index (χ2n) is 4.37. The molecule has 0 fully saturated rings. The average molecular weight is 186 g/mol. The van der Waals surface area contributed by atoms with Gasteiger partial charge in [0, 0.05) is 12.1 Å². The fourth-order valence-corrected chi connectivity index (χ4v) is 2.14. The van der Waals surface area contributed by atoms with Crippen molar-refractivity contribution in [2.75, 3.05) is 7.05 Å². The molecular weight excluding hydrogens is 160 g/mol. The van der Waals surface area contributed by atoms with Gasteiger partial charge in [-0.3, -0.25) is 0 Å². The monoisotopic (exact) mass is 186 g/mol. The number of nitrogens with two attached hydrogens (primary N) is 1. The van der Waals surface area contributed by atoms with Crippen LogP contribution in [-0.4, -0.2) is 19.1 Å². The molecule has 80 valence electrons. The molecule has 3 N–H and O–H groups in total. The second-order valence-corrected chi connectivity index (χ2v) is 4.37. The van der Waals surface area contributed by atoms with Gasteiger partial charge in [0.25, 0.3) is 0 Å². The minimum Gasteiger partial charge on any atom is -0.328 e. The lowest BCUT2D eigenvalue weighted by Gasteiger charge is -2.32. The van der Waals surface area contributed by atoms with Gasteiger partial charge >= 0.3 is 0 Å². The second kappa shape index (κ2) is 6.39. The quantitative estimate of drug-likeness (QED) is 0.666. The Morgan fingerprint density at radius 1 is 1.23 bits per heavy atom. The van der Waals surface area contributed by atoms with E-state index in [1.165, 1.54) is 12.8 Å². The van der Waals surface area contributed by atoms with Gasteiger partial charge in [0.1, 0.15) is 0 Å². The predicted molar refractivity (Wildman–Crippen MR) is 59.7 cm³/mol. The highest BCUT2D eigenvalue weighted by Crippen LogP contribution is 2.20. The first-order valence-corrected chi connectivity index (χ1v) is 5.47. The van der Waals surface area contributed by atoms with Gasteiger partial charge in [-0.15, -0.1) is 0 Å². The van der Waals surface area contributed by atoms with Crippen LogP contribution in [0.5, 0.6) is 0 Å². The third-order valence-corrected chi connectivity index (χ3v) is 2.81. The van der Waals surface area contributed by atoms with Crippen molar-refractivity contribution in [3.05, 3.63) is 0 Å². The smallest absolute Gasteiger partial charge is 0.0130 e. The fraction of sp³-hybridized carbons (Fsp3) is 1.00. The van der Waals surface area contributed by atoms with Crippen molar-refractivity contribution in [3.63, 3.8) is 0 Å². The summed E-state index contributed by atoms with van der Waals surface area (Å²) < 4.78 is 0. The summed E-state index contributed by atoms with van der Waals surface area (Å²) in [5.74, 6) is 1.27. The van der Waals surface area contributed by atoms with Crippen molar-refractivity contribution in [2.24, 2.45) is 17.6 Å². The molecule has 0 aromatic heterocycles. The molecule has 0 saturated heterocycles. The van der Waals surface area contributed by atoms with E-state index in [1.807, 2.05) is 7.05 Å². The summed E-state index contributed by atoms with van der Waals surface area (Å²) in [6, 6.07) is 0.847. The lowest BCUT2D eigenvalue weighted by Crippen LogP contribution is -2.45. The van der Waals surface area contributed by atoms with Gasteiger partial charge in [-0.1, -0.05) is 27.2 Å². The Balaban J connectivity index is 4.29. The standard InChI is InChI=1S/C11H26N2/c1-6-7-10(9(4)12)11(13-5)8(2)3/h8-11,13H,6-7,12H2,1-5H3. The zero-order valence-electron chi connectivity index (χ0n) is 9.80. The zero-order chi connectivity index (χ0) is 10.4. The zero-order valence-corrected chi connectivity index (χ0v) is 9.80. The van der Waals surface area contributed by atoms with E-state index in [4.69, 9.17) is 5.73 Å². The van der Waals surface area contributed by atoms with E-state index < -0.39 is 0 Å². The molecule has 0 aliphatic rings. The van der Waals surface area contributed by atoms with E-state index in [0.717, 1.165) is 0 Å². The normalized spacial score (nSPS) is 18.7. The molecular formula is C11H26N2. The Hall–Kier alpha value is -0.0800. The molecule has 3 atom stereocenters. The molecule has 0 saturated carbocycles. The molecule has 0 bridgehead atoms. The first-order chi connectivity index (χ1) is 6.04. The molecule has 3 unspecified atom stereocenters. The molecule has 2 nitrogen and oxygen atoms in total. The Kier molecular flexibility index (Phi) is 6.35. The van der Waals surface area contributed by atoms with Crippen LogP contribution in [0.2, 0.25) is 0 Å². The Morgan fingerprint density at radius 3 is 2.00 bits per heavy atom. The van der Waals surface area contributed by atoms with Crippen molar-refractivity contribution in [2.45, 2.75) is 52.6 Å². The fourth-order valence-electron chi connectivity index (χ4n) is 2.14. The van der Waals surface area contributed by atoms with Gasteiger partial charge in [0.15, 0.2) is 0 Å². The molecule has 0 aromatic rings. The molecule has 0 amide bonds. The molecule has 0 spiro atoms. The summed E-state index contributed by atoms with van der Waals surface area (Å²) in [7, 11) is 2.04. The SMILES string of the molecule is CCCC(C(C)N)C(NC)C(C)C. The van der Waals surface area contributed by atoms with Gasteiger partial charge in [0.2, 0.25) is 0 Å². The minimum atomic E-state index is 0.291. The van der Waals surface area contributed by atoms with E-state index in [1.54, 1.807) is 0 Å². The van der Waals surface area contributed by atoms with Gasteiger partial charge in [-0.2, -0.15) is 0 Å². The predicted octanol–water partition coefficient (Wildman–Crippen LogP) is 1.99. The molecule has 0 aliphatic heterocycles. The number of hydrogen-bond acceptors (Lipinski definition) is 2. The lowest BCUT2D eigenvalue weighted by molar-refractivity contribution is 0.250. The molecule has 0 radical (unpaired) electrons. The van der Waals surface area contributed by atoms with Gasteiger partial charge < -0.3 is 11.1 Å². The third kappa shape index (κ3) is 4.10. The summed E-state index contributed by atoms with van der Waals surface area (Å²) in [5.41, 5.74) is 6.00. The van der Waals surface area contributed by atoms with Crippen molar-refractivity contribution >= 4 is 0 Å². The van der Waals surface area contributed by atoms with Crippen LogP contribution in [0.1, 0.15) is 40.5 Å². The van der Waals surface area contributed by atoms with Crippen LogP contribution in [0.3, 0.4) is 0 Å². The van der Waals surface area contributed by atoms with Crippen LogP contribution in [0, 0.1) is 11.8 Å². The van der Waals surface area contributed by atoms with Crippen LogP contribution >= 0.6 is 0 Å². The maximum absolute atomic E-state index is 6.00. The first-order valence-electron chi connectivity index (χ1n) is 5.47. The lowest BCUT2D eigenvalue weighted by atomic mass is 9.83. The van der Waals surface area contributed by atoms with Crippen LogP contribution < -0.4 is 11.1 Å². The molecule has 0 aliphatic carbocycles. The van der Waals surface area contributed by atoms with E-state index in [-0.39, 0.29) is 0 Å². The highest BCUT2D eigenvalue weighted by molar-refractivity contribution is 4.82. The van der Waals surface area contributed by atoms with Gasteiger partial charge in [-0.25, -0.2) is 0 Å². The largest absolute Gasteiger partial charge is 0.328 e. The van der Waals surface area contributed by atoms with Crippen molar-refractivity contribution < 1.29 is 0 Å². The Bertz CT molecular complexity index is 121. The van der Waals surface area contributed by atoms with E-state index in [2.05, 4.69) is 33.0 Å². The van der Waals surface area contributed by atoms with Gasteiger partial charge in [0.05, 0.1) is 0 Å². The van der Waals surface area contributed by atoms with Crippen LogP contribution in [0.15, 0.2) is 0 Å². The summed E-state index contributed by atoms with van der Waals surface area (Å²) in [4.78, 5) is 0. The van der Waals surface area contributed by atoms with Crippen LogP contribution in [-0.2, 0) is 0 Å². The van der Waals surface area contributed by atoms with Crippen LogP contribution in [0.25, 0.3) is 0 Å². The Morgan fingerprint density at radius 2 is 1.77 bits per heavy atom. The summed E-state index contributed by atoms with van der Waals surface area (Å²) in [6.45, 7) is 8.86. The number of hydrogen-bond donors (Lipinski definition) is 2. The summed E-state index contributed by atoms with van der Waals surface area (Å²) in [5, 5.41) is 3.39. The highest BCUT2D eigenvalue weighted by atomic mass is 14.9. The maximum Gasteiger partial charge on any atom is 0.0130 e. The molecule has 2 heteroatoms. The molecule has 13 heavy (non-hydrogen) atoms. The molecule has 0 heterocycles. The average Bonchev–Trinajstić information content (AvgIpc) is 2.03. The number of rotatable bonds is 6. The van der Waals surface area contributed by atoms with Crippen molar-refractivity contribution in [1.29, 1.82) is 0 Å². The van der Waals surface area contributed by atoms with E-state index in [0.29, 0.717) is 23.9 Å². The van der Waals surface area contributed by atoms with Crippen molar-refractivity contribution in [1.82, 2.24) is 5.32 Å². The van der Waals surface area contributed by atoms with E-state index in [9.17, 15) is 0 Å². The first kappa shape index (κ1) is 12.9. The summed E-state index contributed by atoms with van der Waals surface area (Å²) in [6.07, 6.45) is 2.44. The summed E-state index contributed by atoms with van der Waals surface area (Å²) >= 11 is 0. The number of nitrogens with one attached hydrogen (secondary N) is 1. The molecule has 0 rings (SSSR count). The third-order valence-electron chi connectivity index (χ3n) is 2.81. The van der Waals surface area contributed by atoms with E-state index >= 15 is 0 Å². The van der Waals surface area contributed by atoms with Crippen LogP contribution in [0.4, 0.5) is 0 Å². The highest BCUT2D eigenvalue weighted by Gasteiger charge is 2.24. The maximum atomic E-state index is 6.00. The molecule has 0 aromatic carbocycles. The van der Waals surface area contributed by atoms with Crippen molar-refractivity contribution in [3.8, 4) is 0 Å². The Labute approximate surface area is 83.3 Å². The minimum absolute atomic E-state index is 0.291. The van der Waals surface area contributed by atoms with Gasteiger partial charge in [-0.05, 0) is 32.2 Å².